The third-order valence-corrected chi connectivity index (χ3v) is 3.13. The van der Waals surface area contributed by atoms with Crippen molar-refractivity contribution in [1.82, 2.24) is 4.98 Å². The summed E-state index contributed by atoms with van der Waals surface area (Å²) in [6.07, 6.45) is 0. The van der Waals surface area contributed by atoms with Crippen molar-refractivity contribution < 1.29 is 0 Å². The van der Waals surface area contributed by atoms with Crippen LogP contribution in [-0.4, -0.2) is 4.98 Å². The second kappa shape index (κ2) is 3.91. The van der Waals surface area contributed by atoms with Gasteiger partial charge in [0, 0.05) is 15.4 Å². The van der Waals surface area contributed by atoms with E-state index in [0.29, 0.717) is 5.69 Å². The Bertz CT molecular complexity index is 482. The van der Waals surface area contributed by atoms with Crippen LogP contribution in [0.5, 0.6) is 0 Å². The standard InChI is InChI=1S/C10H5BrN2S/c11-8-3-1-7(2-4-8)10-13-9(5-12)6-14-10/h1-4,6H. The number of rotatable bonds is 1. The van der Waals surface area contributed by atoms with Crippen molar-refractivity contribution in [2.75, 3.05) is 0 Å². The summed E-state index contributed by atoms with van der Waals surface area (Å²) in [6, 6.07) is 9.89. The Hall–Kier alpha value is -1.18. The monoisotopic (exact) mass is 264 g/mol. The number of nitriles is 1. The van der Waals surface area contributed by atoms with Gasteiger partial charge in [-0.25, -0.2) is 4.98 Å². The van der Waals surface area contributed by atoms with Gasteiger partial charge in [0.25, 0.3) is 0 Å². The van der Waals surface area contributed by atoms with Crippen molar-refractivity contribution in [2.24, 2.45) is 0 Å². The third-order valence-electron chi connectivity index (χ3n) is 1.71. The molecule has 0 radical (unpaired) electrons. The average molecular weight is 265 g/mol. The topological polar surface area (TPSA) is 36.7 Å². The van der Waals surface area contributed by atoms with E-state index in [1.165, 1.54) is 11.3 Å². The zero-order valence-corrected chi connectivity index (χ0v) is 9.47. The molecular weight excluding hydrogens is 260 g/mol. The lowest BCUT2D eigenvalue weighted by atomic mass is 10.2. The van der Waals surface area contributed by atoms with E-state index in [-0.39, 0.29) is 0 Å². The molecule has 1 aromatic heterocycles. The maximum absolute atomic E-state index is 8.63. The van der Waals surface area contributed by atoms with Crippen LogP contribution in [0, 0.1) is 11.3 Å². The second-order valence-corrected chi connectivity index (χ2v) is 4.43. The Balaban J connectivity index is 2.40. The molecule has 0 bridgehead atoms. The first-order valence-electron chi connectivity index (χ1n) is 3.91. The van der Waals surface area contributed by atoms with E-state index in [0.717, 1.165) is 15.0 Å². The zero-order chi connectivity index (χ0) is 9.97. The van der Waals surface area contributed by atoms with Gasteiger partial charge < -0.3 is 0 Å². The fourth-order valence-electron chi connectivity index (χ4n) is 1.05. The largest absolute Gasteiger partial charge is 0.225 e. The Labute approximate surface area is 94.0 Å². The SMILES string of the molecule is N#Cc1csc(-c2ccc(Br)cc2)n1. The molecule has 1 aromatic carbocycles. The van der Waals surface area contributed by atoms with Gasteiger partial charge in [-0.05, 0) is 12.1 Å². The van der Waals surface area contributed by atoms with Crippen LogP contribution in [0.25, 0.3) is 10.6 Å². The molecule has 1 heterocycles. The molecule has 0 aliphatic carbocycles. The summed E-state index contributed by atoms with van der Waals surface area (Å²) >= 11 is 4.85. The van der Waals surface area contributed by atoms with E-state index in [1.54, 1.807) is 5.38 Å². The number of halogens is 1. The fourth-order valence-corrected chi connectivity index (χ4v) is 2.07. The lowest BCUT2D eigenvalue weighted by molar-refractivity contribution is 1.33. The summed E-state index contributed by atoms with van der Waals surface area (Å²) in [5.74, 6) is 0. The van der Waals surface area contributed by atoms with Crippen molar-refractivity contribution in [3.05, 3.63) is 39.8 Å². The molecule has 0 N–H and O–H groups in total. The number of hydrogen-bond acceptors (Lipinski definition) is 3. The van der Waals surface area contributed by atoms with Crippen LogP contribution in [0.15, 0.2) is 34.1 Å². The van der Waals surface area contributed by atoms with Crippen molar-refractivity contribution >= 4 is 27.3 Å². The van der Waals surface area contributed by atoms with E-state index in [1.807, 2.05) is 30.3 Å². The third kappa shape index (κ3) is 1.84. The van der Waals surface area contributed by atoms with E-state index < -0.39 is 0 Å². The van der Waals surface area contributed by atoms with Gasteiger partial charge in [0.2, 0.25) is 0 Å². The predicted octanol–water partition coefficient (Wildman–Crippen LogP) is 3.44. The summed E-state index contributed by atoms with van der Waals surface area (Å²) in [6.45, 7) is 0. The summed E-state index contributed by atoms with van der Waals surface area (Å²) in [5.41, 5.74) is 1.52. The molecule has 0 aliphatic heterocycles. The summed E-state index contributed by atoms with van der Waals surface area (Å²) in [7, 11) is 0. The van der Waals surface area contributed by atoms with Crippen molar-refractivity contribution in [3.63, 3.8) is 0 Å². The lowest BCUT2D eigenvalue weighted by Crippen LogP contribution is -1.76. The van der Waals surface area contributed by atoms with Crippen LogP contribution in [-0.2, 0) is 0 Å². The number of aromatic nitrogens is 1. The number of benzene rings is 1. The zero-order valence-electron chi connectivity index (χ0n) is 7.07. The van der Waals surface area contributed by atoms with Crippen LogP contribution in [0.3, 0.4) is 0 Å². The highest BCUT2D eigenvalue weighted by Crippen LogP contribution is 2.24. The Morgan fingerprint density at radius 1 is 1.29 bits per heavy atom. The first-order valence-corrected chi connectivity index (χ1v) is 5.58. The Kier molecular flexibility index (Phi) is 2.62. The Morgan fingerprint density at radius 2 is 2.00 bits per heavy atom. The Morgan fingerprint density at radius 3 is 2.57 bits per heavy atom. The van der Waals surface area contributed by atoms with Crippen molar-refractivity contribution in [3.8, 4) is 16.6 Å². The highest BCUT2D eigenvalue weighted by molar-refractivity contribution is 9.10. The molecule has 0 unspecified atom stereocenters. The lowest BCUT2D eigenvalue weighted by Gasteiger charge is -1.94. The maximum atomic E-state index is 8.63. The molecule has 0 fully saturated rings. The predicted molar refractivity (Wildman–Crippen MR) is 60.0 cm³/mol. The van der Waals surface area contributed by atoms with E-state index >= 15 is 0 Å². The van der Waals surface area contributed by atoms with E-state index in [4.69, 9.17) is 5.26 Å². The molecule has 0 saturated carbocycles. The first kappa shape index (κ1) is 9.38. The average Bonchev–Trinajstić information content (AvgIpc) is 2.67. The van der Waals surface area contributed by atoms with Gasteiger partial charge in [-0.3, -0.25) is 0 Å². The minimum atomic E-state index is 0.480. The van der Waals surface area contributed by atoms with Gasteiger partial charge in [-0.2, -0.15) is 5.26 Å². The second-order valence-electron chi connectivity index (χ2n) is 2.66. The van der Waals surface area contributed by atoms with Crippen molar-refractivity contribution in [2.45, 2.75) is 0 Å². The number of hydrogen-bond donors (Lipinski definition) is 0. The number of nitrogens with zero attached hydrogens (tertiary/aromatic N) is 2. The van der Waals surface area contributed by atoms with Gasteiger partial charge in [0.1, 0.15) is 11.1 Å². The molecule has 4 heteroatoms. The highest BCUT2D eigenvalue weighted by Gasteiger charge is 2.03. The normalized spacial score (nSPS) is 9.71. The van der Waals surface area contributed by atoms with Gasteiger partial charge >= 0.3 is 0 Å². The molecule has 68 valence electrons. The van der Waals surface area contributed by atoms with Gasteiger partial charge in [0.15, 0.2) is 5.69 Å². The molecule has 0 aliphatic rings. The molecule has 2 rings (SSSR count). The highest BCUT2D eigenvalue weighted by atomic mass is 79.9. The van der Waals surface area contributed by atoms with Gasteiger partial charge in [0.05, 0.1) is 0 Å². The van der Waals surface area contributed by atoms with Crippen LogP contribution >= 0.6 is 27.3 Å². The molecular formula is C10H5BrN2S. The molecule has 0 amide bonds. The summed E-state index contributed by atoms with van der Waals surface area (Å²) in [4.78, 5) is 4.17. The minimum absolute atomic E-state index is 0.480. The smallest absolute Gasteiger partial charge is 0.152 e. The molecule has 2 aromatic rings. The molecule has 0 saturated heterocycles. The fraction of sp³-hybridized carbons (Fsp3) is 0. The van der Waals surface area contributed by atoms with Crippen LogP contribution < -0.4 is 0 Å². The van der Waals surface area contributed by atoms with E-state index in [2.05, 4.69) is 20.9 Å². The van der Waals surface area contributed by atoms with Crippen LogP contribution in [0.2, 0.25) is 0 Å². The quantitative estimate of drug-likeness (QED) is 0.791. The van der Waals surface area contributed by atoms with Crippen LogP contribution in [0.1, 0.15) is 5.69 Å². The molecule has 2 nitrogen and oxygen atoms in total. The molecule has 0 atom stereocenters. The summed E-state index contributed by atoms with van der Waals surface area (Å²) < 4.78 is 1.04. The van der Waals surface area contributed by atoms with E-state index in [9.17, 15) is 0 Å². The van der Waals surface area contributed by atoms with Crippen LogP contribution in [0.4, 0.5) is 0 Å². The van der Waals surface area contributed by atoms with Gasteiger partial charge in [-0.15, -0.1) is 11.3 Å². The summed E-state index contributed by atoms with van der Waals surface area (Å²) in [5, 5.41) is 11.3. The first-order chi connectivity index (χ1) is 6.79. The minimum Gasteiger partial charge on any atom is -0.225 e. The van der Waals surface area contributed by atoms with Gasteiger partial charge in [-0.1, -0.05) is 28.1 Å². The molecule has 0 spiro atoms. The maximum Gasteiger partial charge on any atom is 0.152 e. The van der Waals surface area contributed by atoms with Crippen molar-refractivity contribution in [1.29, 1.82) is 5.26 Å². The molecule has 14 heavy (non-hydrogen) atoms. The number of thiazole rings is 1.